The van der Waals surface area contributed by atoms with Crippen molar-refractivity contribution >= 4 is 35.0 Å². The Balaban J connectivity index is 1.57. The van der Waals surface area contributed by atoms with Crippen molar-refractivity contribution in [2.75, 3.05) is 11.1 Å². The molecule has 0 unspecified atom stereocenters. The van der Waals surface area contributed by atoms with Gasteiger partial charge in [-0.3, -0.25) is 14.3 Å². The predicted molar refractivity (Wildman–Crippen MR) is 125 cm³/mol. The molecular formula is C23H17ClF3N5OS. The number of amides is 1. The molecule has 34 heavy (non-hydrogen) atoms. The van der Waals surface area contributed by atoms with Gasteiger partial charge in [-0.2, -0.15) is 13.2 Å². The molecule has 2 aromatic carbocycles. The van der Waals surface area contributed by atoms with E-state index in [9.17, 15) is 18.0 Å². The summed E-state index contributed by atoms with van der Waals surface area (Å²) < 4.78 is 41.1. The van der Waals surface area contributed by atoms with Crippen LogP contribution in [0.25, 0.3) is 17.1 Å². The van der Waals surface area contributed by atoms with Crippen LogP contribution in [-0.2, 0) is 11.0 Å². The van der Waals surface area contributed by atoms with Crippen LogP contribution in [0.15, 0.2) is 72.1 Å². The third kappa shape index (κ3) is 5.40. The molecule has 0 saturated heterocycles. The molecule has 11 heteroatoms. The highest BCUT2D eigenvalue weighted by molar-refractivity contribution is 7.99. The first-order valence-electron chi connectivity index (χ1n) is 9.94. The lowest BCUT2D eigenvalue weighted by atomic mass is 10.2. The first kappa shape index (κ1) is 23.8. The number of nitrogens with one attached hydrogen (secondary N) is 1. The zero-order valence-corrected chi connectivity index (χ0v) is 19.2. The zero-order chi connectivity index (χ0) is 24.3. The molecule has 1 amide bonds. The standard InChI is InChI=1S/C23H17ClF3N5OS/c1-14-3-2-4-17(11-14)32-21(15-7-9-28-10-8-15)30-31-22(32)34-13-20(33)29-16-5-6-19(24)18(12-16)23(25,26)27/h2-12H,13H2,1H3,(H,29,33). The van der Waals surface area contributed by atoms with Crippen molar-refractivity contribution in [2.45, 2.75) is 18.3 Å². The second-order valence-electron chi connectivity index (χ2n) is 7.25. The average molecular weight is 504 g/mol. The van der Waals surface area contributed by atoms with Crippen LogP contribution in [-0.4, -0.2) is 31.4 Å². The summed E-state index contributed by atoms with van der Waals surface area (Å²) in [5, 5.41) is 11.0. The van der Waals surface area contributed by atoms with E-state index in [1.165, 1.54) is 6.07 Å². The highest BCUT2D eigenvalue weighted by Gasteiger charge is 2.33. The molecule has 0 aliphatic heterocycles. The fourth-order valence-electron chi connectivity index (χ4n) is 3.20. The van der Waals surface area contributed by atoms with E-state index in [1.54, 1.807) is 24.5 Å². The van der Waals surface area contributed by atoms with E-state index in [0.717, 1.165) is 40.7 Å². The Labute approximate surface area is 202 Å². The lowest BCUT2D eigenvalue weighted by Crippen LogP contribution is -2.15. The van der Waals surface area contributed by atoms with Gasteiger partial charge in [0, 0.05) is 29.3 Å². The van der Waals surface area contributed by atoms with Crippen LogP contribution in [0, 0.1) is 6.92 Å². The minimum absolute atomic E-state index is 0.0000457. The third-order valence-electron chi connectivity index (χ3n) is 4.72. The Kier molecular flexibility index (Phi) is 6.90. The number of rotatable bonds is 6. The summed E-state index contributed by atoms with van der Waals surface area (Å²) in [6.07, 6.45) is -1.33. The van der Waals surface area contributed by atoms with Gasteiger partial charge in [0.2, 0.25) is 5.91 Å². The number of halogens is 4. The minimum Gasteiger partial charge on any atom is -0.325 e. The van der Waals surface area contributed by atoms with Gasteiger partial charge in [0.15, 0.2) is 11.0 Å². The molecule has 0 bridgehead atoms. The number of alkyl halides is 3. The van der Waals surface area contributed by atoms with Crippen molar-refractivity contribution in [1.82, 2.24) is 19.7 Å². The summed E-state index contributed by atoms with van der Waals surface area (Å²) in [5.74, 6) is -0.0160. The fraction of sp³-hybridized carbons (Fsp3) is 0.130. The number of carbonyl (C=O) groups is 1. The van der Waals surface area contributed by atoms with Gasteiger partial charge in [-0.1, -0.05) is 35.5 Å². The van der Waals surface area contributed by atoms with E-state index in [-0.39, 0.29) is 11.4 Å². The molecule has 2 heterocycles. The van der Waals surface area contributed by atoms with E-state index >= 15 is 0 Å². The van der Waals surface area contributed by atoms with Crippen molar-refractivity contribution in [3.8, 4) is 17.1 Å². The van der Waals surface area contributed by atoms with E-state index in [2.05, 4.69) is 20.5 Å². The fourth-order valence-corrected chi connectivity index (χ4v) is 4.18. The maximum absolute atomic E-state index is 13.1. The Hall–Kier alpha value is -3.37. The van der Waals surface area contributed by atoms with Gasteiger partial charge in [-0.25, -0.2) is 0 Å². The molecule has 4 aromatic rings. The number of aryl methyl sites for hydroxylation is 1. The largest absolute Gasteiger partial charge is 0.417 e. The number of carbonyl (C=O) groups excluding carboxylic acids is 1. The highest BCUT2D eigenvalue weighted by atomic mass is 35.5. The van der Waals surface area contributed by atoms with Crippen LogP contribution >= 0.6 is 23.4 Å². The van der Waals surface area contributed by atoms with Crippen molar-refractivity contribution in [2.24, 2.45) is 0 Å². The molecule has 0 saturated carbocycles. The number of hydrogen-bond donors (Lipinski definition) is 1. The first-order valence-corrected chi connectivity index (χ1v) is 11.3. The quantitative estimate of drug-likeness (QED) is 0.325. The first-order chi connectivity index (χ1) is 16.2. The van der Waals surface area contributed by atoms with Gasteiger partial charge in [0.1, 0.15) is 0 Å². The molecule has 0 fully saturated rings. The topological polar surface area (TPSA) is 72.7 Å². The monoisotopic (exact) mass is 503 g/mol. The molecule has 0 radical (unpaired) electrons. The van der Waals surface area contributed by atoms with Crippen LogP contribution in [0.1, 0.15) is 11.1 Å². The van der Waals surface area contributed by atoms with Crippen molar-refractivity contribution in [3.05, 3.63) is 83.1 Å². The lowest BCUT2D eigenvalue weighted by molar-refractivity contribution is -0.137. The van der Waals surface area contributed by atoms with Gasteiger partial charge in [0.25, 0.3) is 0 Å². The van der Waals surface area contributed by atoms with Crippen LogP contribution in [0.4, 0.5) is 18.9 Å². The van der Waals surface area contributed by atoms with Gasteiger partial charge in [-0.15, -0.1) is 10.2 Å². The summed E-state index contributed by atoms with van der Waals surface area (Å²) in [6, 6.07) is 14.6. The minimum atomic E-state index is -4.62. The van der Waals surface area contributed by atoms with Crippen molar-refractivity contribution in [3.63, 3.8) is 0 Å². The molecule has 4 rings (SSSR count). The number of thioether (sulfide) groups is 1. The molecule has 6 nitrogen and oxygen atoms in total. The van der Waals surface area contributed by atoms with Gasteiger partial charge >= 0.3 is 6.18 Å². The van der Waals surface area contributed by atoms with E-state index in [4.69, 9.17) is 11.6 Å². The number of hydrogen-bond acceptors (Lipinski definition) is 5. The molecule has 1 N–H and O–H groups in total. The zero-order valence-electron chi connectivity index (χ0n) is 17.7. The molecular weight excluding hydrogens is 487 g/mol. The van der Waals surface area contributed by atoms with Crippen LogP contribution < -0.4 is 5.32 Å². The second kappa shape index (κ2) is 9.86. The number of anilines is 1. The Bertz CT molecular complexity index is 1330. The number of pyridine rings is 1. The highest BCUT2D eigenvalue weighted by Crippen LogP contribution is 2.36. The Morgan fingerprint density at radius 1 is 1.09 bits per heavy atom. The molecule has 0 spiro atoms. The van der Waals surface area contributed by atoms with Crippen LogP contribution in [0.3, 0.4) is 0 Å². The maximum atomic E-state index is 13.1. The normalized spacial score (nSPS) is 11.4. The molecule has 0 aliphatic carbocycles. The van der Waals surface area contributed by atoms with Gasteiger partial charge < -0.3 is 5.32 Å². The number of aromatic nitrogens is 4. The lowest BCUT2D eigenvalue weighted by Gasteiger charge is -2.12. The van der Waals surface area contributed by atoms with E-state index in [0.29, 0.717) is 11.0 Å². The maximum Gasteiger partial charge on any atom is 0.417 e. The summed E-state index contributed by atoms with van der Waals surface area (Å²) in [4.78, 5) is 16.5. The molecule has 0 atom stereocenters. The van der Waals surface area contributed by atoms with Gasteiger partial charge in [-0.05, 0) is 55.0 Å². The summed E-state index contributed by atoms with van der Waals surface area (Å²) in [7, 11) is 0. The summed E-state index contributed by atoms with van der Waals surface area (Å²) in [6.45, 7) is 1.96. The van der Waals surface area contributed by atoms with Crippen molar-refractivity contribution in [1.29, 1.82) is 0 Å². The Morgan fingerprint density at radius 3 is 2.56 bits per heavy atom. The summed E-state index contributed by atoms with van der Waals surface area (Å²) >= 11 is 6.76. The van der Waals surface area contributed by atoms with Crippen molar-refractivity contribution < 1.29 is 18.0 Å². The molecule has 2 aromatic heterocycles. The third-order valence-corrected chi connectivity index (χ3v) is 5.98. The second-order valence-corrected chi connectivity index (χ2v) is 8.60. The predicted octanol–water partition coefficient (Wildman–Crippen LogP) is 6.04. The SMILES string of the molecule is Cc1cccc(-n2c(SCC(=O)Nc3ccc(Cl)c(C(F)(F)F)c3)nnc2-c2ccncc2)c1. The summed E-state index contributed by atoms with van der Waals surface area (Å²) in [5.41, 5.74) is 1.62. The van der Waals surface area contributed by atoms with Crippen LogP contribution in [0.2, 0.25) is 5.02 Å². The number of nitrogens with zero attached hydrogens (tertiary/aromatic N) is 4. The smallest absolute Gasteiger partial charge is 0.325 e. The van der Waals surface area contributed by atoms with E-state index in [1.807, 2.05) is 35.8 Å². The molecule has 0 aliphatic rings. The van der Waals surface area contributed by atoms with E-state index < -0.39 is 22.7 Å². The van der Waals surface area contributed by atoms with Crippen LogP contribution in [0.5, 0.6) is 0 Å². The average Bonchev–Trinajstić information content (AvgIpc) is 3.23. The van der Waals surface area contributed by atoms with Gasteiger partial charge in [0.05, 0.1) is 16.3 Å². The molecule has 174 valence electrons. The Morgan fingerprint density at radius 2 is 1.85 bits per heavy atom. The number of benzene rings is 2.